The first-order valence-corrected chi connectivity index (χ1v) is 12.5. The van der Waals surface area contributed by atoms with Crippen molar-refractivity contribution in [1.29, 1.82) is 0 Å². The van der Waals surface area contributed by atoms with Gasteiger partial charge in [0.1, 0.15) is 0 Å². The number of unbranched alkanes of at least 4 members (excludes halogenated alkanes) is 11. The lowest BCUT2D eigenvalue weighted by atomic mass is 10.1. The van der Waals surface area contributed by atoms with Crippen molar-refractivity contribution in [2.75, 3.05) is 6.61 Å². The van der Waals surface area contributed by atoms with Gasteiger partial charge in [0.2, 0.25) is 5.91 Å². The van der Waals surface area contributed by atoms with Crippen molar-refractivity contribution in [2.45, 2.75) is 110 Å². The molecule has 3 N–H and O–H groups in total. The van der Waals surface area contributed by atoms with Gasteiger partial charge in [0.15, 0.2) is 0 Å². The van der Waals surface area contributed by atoms with Crippen molar-refractivity contribution >= 4 is 13.7 Å². The third kappa shape index (κ3) is 21.6. The van der Waals surface area contributed by atoms with Gasteiger partial charge in [-0.1, -0.05) is 70.4 Å². The number of nitrogens with one attached hydrogen (secondary N) is 1. The molecular weight excluding hydrogens is 377 g/mol. The van der Waals surface area contributed by atoms with Crippen LogP contribution in [0.4, 0.5) is 0 Å². The number of carbonyl (C=O) groups excluding carboxylic acids is 1. The van der Waals surface area contributed by atoms with E-state index in [4.69, 9.17) is 9.79 Å². The van der Waals surface area contributed by atoms with Gasteiger partial charge in [-0.25, -0.2) is 4.57 Å². The van der Waals surface area contributed by atoms with Crippen LogP contribution in [0.3, 0.4) is 0 Å². The molecule has 6 nitrogen and oxygen atoms in total. The first-order chi connectivity index (χ1) is 13.3. The van der Waals surface area contributed by atoms with Crippen LogP contribution in [0.15, 0.2) is 12.2 Å². The summed E-state index contributed by atoms with van der Waals surface area (Å²) in [5.41, 5.74) is 0. The number of carbonyl (C=O) groups is 1. The smallest absolute Gasteiger partial charge is 0.351 e. The van der Waals surface area contributed by atoms with E-state index in [1.165, 1.54) is 57.8 Å². The number of rotatable bonds is 19. The topological polar surface area (TPSA) is 95.9 Å². The monoisotopic (exact) mass is 419 g/mol. The summed E-state index contributed by atoms with van der Waals surface area (Å²) in [7, 11) is -4.47. The second-order valence-electron chi connectivity index (χ2n) is 7.59. The third-order valence-corrected chi connectivity index (χ3v) is 5.05. The van der Waals surface area contributed by atoms with Gasteiger partial charge in [-0.2, -0.15) is 0 Å². The molecule has 0 aliphatic carbocycles. The molecule has 1 atom stereocenters. The van der Waals surface area contributed by atoms with E-state index in [0.29, 0.717) is 6.42 Å². The summed E-state index contributed by atoms with van der Waals surface area (Å²) < 4.78 is 15.0. The number of phosphoric acid groups is 1. The Labute approximate surface area is 171 Å². The molecule has 0 fully saturated rings. The lowest BCUT2D eigenvalue weighted by molar-refractivity contribution is -0.122. The van der Waals surface area contributed by atoms with Crippen LogP contribution >= 0.6 is 7.82 Å². The molecule has 28 heavy (non-hydrogen) atoms. The molecule has 0 rings (SSSR count). The molecule has 0 spiro atoms. The Balaban J connectivity index is 3.39. The van der Waals surface area contributed by atoms with Gasteiger partial charge < -0.3 is 15.1 Å². The van der Waals surface area contributed by atoms with Crippen molar-refractivity contribution in [1.82, 2.24) is 5.32 Å². The van der Waals surface area contributed by atoms with Crippen molar-refractivity contribution in [3.05, 3.63) is 12.2 Å². The number of allylic oxidation sites excluding steroid dienone is 2. The largest absolute Gasteiger partial charge is 0.469 e. The van der Waals surface area contributed by atoms with Crippen LogP contribution in [-0.4, -0.2) is 28.3 Å². The van der Waals surface area contributed by atoms with Crippen molar-refractivity contribution in [2.24, 2.45) is 0 Å². The second-order valence-corrected chi connectivity index (χ2v) is 8.83. The summed E-state index contributed by atoms with van der Waals surface area (Å²) in [6, 6.07) is -0.414. The third-order valence-electron chi connectivity index (χ3n) is 4.57. The van der Waals surface area contributed by atoms with E-state index in [9.17, 15) is 9.36 Å². The van der Waals surface area contributed by atoms with E-state index in [1.807, 2.05) is 0 Å². The Morgan fingerprint density at radius 2 is 1.43 bits per heavy atom. The molecule has 0 aromatic rings. The standard InChI is InChI=1S/C21H42NO5P/c1-3-4-5-6-7-8-9-10-11-12-13-14-15-16-17-18-21(23)22-20(2)19-27-28(24,25)26/h10-11,20H,3-9,12-19H2,1-2H3,(H,22,23)(H2,24,25,26)/b11-10-/t20-/m0/s1. The Morgan fingerprint density at radius 1 is 0.929 bits per heavy atom. The molecule has 0 saturated heterocycles. The minimum absolute atomic E-state index is 0.0977. The van der Waals surface area contributed by atoms with E-state index >= 15 is 0 Å². The van der Waals surface area contributed by atoms with Crippen LogP contribution in [0.2, 0.25) is 0 Å². The summed E-state index contributed by atoms with van der Waals surface area (Å²) in [4.78, 5) is 29.0. The van der Waals surface area contributed by atoms with Gasteiger partial charge >= 0.3 is 7.82 Å². The molecule has 0 aliphatic rings. The van der Waals surface area contributed by atoms with E-state index < -0.39 is 13.9 Å². The Bertz CT molecular complexity index is 450. The van der Waals surface area contributed by atoms with Crippen LogP contribution in [0, 0.1) is 0 Å². The van der Waals surface area contributed by atoms with Crippen molar-refractivity contribution in [3.63, 3.8) is 0 Å². The summed E-state index contributed by atoms with van der Waals surface area (Å²) in [5.74, 6) is -0.0977. The molecule has 0 heterocycles. The Morgan fingerprint density at radius 3 is 1.96 bits per heavy atom. The van der Waals surface area contributed by atoms with Gasteiger partial charge in [-0.15, -0.1) is 0 Å². The normalized spacial score (nSPS) is 13.1. The molecule has 7 heteroatoms. The molecule has 0 radical (unpaired) electrons. The predicted octanol–water partition coefficient (Wildman–Crippen LogP) is 5.64. The highest BCUT2D eigenvalue weighted by molar-refractivity contribution is 7.46. The van der Waals surface area contributed by atoms with E-state index in [0.717, 1.165) is 25.7 Å². The number of amides is 1. The van der Waals surface area contributed by atoms with Gasteiger partial charge in [-0.3, -0.25) is 9.32 Å². The fourth-order valence-corrected chi connectivity index (χ4v) is 3.37. The SMILES string of the molecule is CCCCCCCC/C=C\CCCCCCCC(=O)N[C@@H](C)COP(=O)(O)O. The highest BCUT2D eigenvalue weighted by atomic mass is 31.2. The fraction of sp³-hybridized carbons (Fsp3) is 0.857. The maximum Gasteiger partial charge on any atom is 0.469 e. The molecule has 0 aromatic heterocycles. The van der Waals surface area contributed by atoms with E-state index in [1.54, 1.807) is 6.92 Å². The zero-order chi connectivity index (χ0) is 21.1. The van der Waals surface area contributed by atoms with E-state index in [-0.39, 0.29) is 12.5 Å². The summed E-state index contributed by atoms with van der Waals surface area (Å²) >= 11 is 0. The molecule has 0 aromatic carbocycles. The highest BCUT2D eigenvalue weighted by Crippen LogP contribution is 2.35. The van der Waals surface area contributed by atoms with Crippen LogP contribution in [0.5, 0.6) is 0 Å². The van der Waals surface area contributed by atoms with Crippen LogP contribution < -0.4 is 5.32 Å². The van der Waals surface area contributed by atoms with Crippen molar-refractivity contribution in [3.8, 4) is 0 Å². The fourth-order valence-electron chi connectivity index (χ4n) is 2.95. The summed E-state index contributed by atoms with van der Waals surface area (Å²) in [6.07, 6.45) is 20.9. The molecule has 0 aliphatic heterocycles. The average Bonchev–Trinajstić information content (AvgIpc) is 2.62. The second kappa shape index (κ2) is 18.4. The number of hydrogen-bond acceptors (Lipinski definition) is 3. The quantitative estimate of drug-likeness (QED) is 0.143. The maximum absolute atomic E-state index is 11.7. The molecule has 0 unspecified atom stereocenters. The van der Waals surface area contributed by atoms with E-state index in [2.05, 4.69) is 28.9 Å². The molecule has 166 valence electrons. The number of hydrogen-bond donors (Lipinski definition) is 3. The van der Waals surface area contributed by atoms with Gasteiger partial charge in [-0.05, 0) is 39.0 Å². The lowest BCUT2D eigenvalue weighted by Gasteiger charge is -2.14. The zero-order valence-electron chi connectivity index (χ0n) is 17.9. The van der Waals surface area contributed by atoms with Gasteiger partial charge in [0.05, 0.1) is 6.61 Å². The average molecular weight is 420 g/mol. The summed E-state index contributed by atoms with van der Waals surface area (Å²) in [5, 5.41) is 2.69. The lowest BCUT2D eigenvalue weighted by Crippen LogP contribution is -2.35. The predicted molar refractivity (Wildman–Crippen MR) is 115 cm³/mol. The Hall–Kier alpha value is -0.680. The minimum atomic E-state index is -4.47. The van der Waals surface area contributed by atoms with Gasteiger partial charge in [0, 0.05) is 12.5 Å². The maximum atomic E-state index is 11.7. The van der Waals surface area contributed by atoms with Gasteiger partial charge in [0.25, 0.3) is 0 Å². The molecule has 0 bridgehead atoms. The van der Waals surface area contributed by atoms with Crippen LogP contribution in [0.1, 0.15) is 104 Å². The highest BCUT2D eigenvalue weighted by Gasteiger charge is 2.16. The van der Waals surface area contributed by atoms with Crippen LogP contribution in [-0.2, 0) is 13.9 Å². The molecule has 1 amide bonds. The molecular formula is C21H42NO5P. The molecule has 0 saturated carbocycles. The Kier molecular flexibility index (Phi) is 17.9. The number of phosphoric ester groups is 1. The first kappa shape index (κ1) is 27.3. The first-order valence-electron chi connectivity index (χ1n) is 11.0. The minimum Gasteiger partial charge on any atom is -0.351 e. The zero-order valence-corrected chi connectivity index (χ0v) is 18.8. The van der Waals surface area contributed by atoms with Crippen molar-refractivity contribution < 1.29 is 23.7 Å². The summed E-state index contributed by atoms with van der Waals surface area (Å²) in [6.45, 7) is 3.72. The van der Waals surface area contributed by atoms with Crippen LogP contribution in [0.25, 0.3) is 0 Å².